The summed E-state index contributed by atoms with van der Waals surface area (Å²) in [5, 5.41) is 0.241. The summed E-state index contributed by atoms with van der Waals surface area (Å²) < 4.78 is 29.9. The molecule has 2 saturated heterocycles. The second-order valence-electron chi connectivity index (χ2n) is 9.97. The molecule has 0 aromatic carbocycles. The van der Waals surface area contributed by atoms with E-state index in [1.807, 2.05) is 13.8 Å². The maximum atomic E-state index is 6.32. The minimum Gasteiger partial charge on any atom is -0.417 e. The first-order chi connectivity index (χ1) is 13.0. The fourth-order valence-corrected chi connectivity index (χ4v) is 4.20. The van der Waals surface area contributed by atoms with E-state index in [4.69, 9.17) is 23.4 Å². The van der Waals surface area contributed by atoms with Crippen LogP contribution in [0, 0.1) is 0 Å². The van der Waals surface area contributed by atoms with Crippen molar-refractivity contribution in [1.82, 2.24) is 0 Å². The Labute approximate surface area is 173 Å². The molecular weight excluding hydrogens is 372 g/mol. The molecule has 2 fully saturated rings. The van der Waals surface area contributed by atoms with Crippen molar-refractivity contribution in [2.45, 2.75) is 109 Å². The van der Waals surface area contributed by atoms with Gasteiger partial charge in [0.1, 0.15) is 6.10 Å². The first kappa shape index (κ1) is 24.0. The molecule has 0 saturated carbocycles. The highest BCUT2D eigenvalue weighted by Gasteiger charge is 2.37. The van der Waals surface area contributed by atoms with Crippen molar-refractivity contribution >= 4 is 8.32 Å². The standard InChI is InChI=1S/C22H42O5Si/c1-21(2,3)28(6,7)25-16-10-11-18(26-20-12-8-9-15-23-20)13-14-19-17-24-22(4,5)27-19/h13-14,18-20H,8-12,15-17H2,1-7H3/b14-13+. The van der Waals surface area contributed by atoms with Crippen LogP contribution in [0.1, 0.15) is 66.7 Å². The van der Waals surface area contributed by atoms with Crippen LogP contribution in [0.4, 0.5) is 0 Å². The molecule has 3 atom stereocenters. The quantitative estimate of drug-likeness (QED) is 0.287. The van der Waals surface area contributed by atoms with E-state index in [-0.39, 0.29) is 23.5 Å². The molecule has 5 nitrogen and oxygen atoms in total. The number of hydrogen-bond donors (Lipinski definition) is 0. The van der Waals surface area contributed by atoms with Gasteiger partial charge in [-0.15, -0.1) is 0 Å². The highest BCUT2D eigenvalue weighted by Crippen LogP contribution is 2.36. The average Bonchev–Trinajstić information content (AvgIpc) is 2.95. The van der Waals surface area contributed by atoms with Gasteiger partial charge < -0.3 is 23.4 Å². The maximum absolute atomic E-state index is 6.32. The molecule has 0 radical (unpaired) electrons. The fraction of sp³-hybridized carbons (Fsp3) is 0.909. The van der Waals surface area contributed by atoms with Gasteiger partial charge in [-0.25, -0.2) is 0 Å². The summed E-state index contributed by atoms with van der Waals surface area (Å²) in [5.41, 5.74) is 0. The van der Waals surface area contributed by atoms with Crippen LogP contribution in [0.25, 0.3) is 0 Å². The van der Waals surface area contributed by atoms with Gasteiger partial charge in [-0.05, 0) is 64.1 Å². The van der Waals surface area contributed by atoms with E-state index < -0.39 is 14.1 Å². The first-order valence-corrected chi connectivity index (χ1v) is 13.8. The maximum Gasteiger partial charge on any atom is 0.191 e. The Bertz CT molecular complexity index is 492. The van der Waals surface area contributed by atoms with Crippen LogP contribution in [0.2, 0.25) is 18.1 Å². The van der Waals surface area contributed by atoms with Crippen LogP contribution in [0.5, 0.6) is 0 Å². The van der Waals surface area contributed by atoms with Gasteiger partial charge in [-0.3, -0.25) is 0 Å². The predicted octanol–water partition coefficient (Wildman–Crippen LogP) is 5.41. The fourth-order valence-electron chi connectivity index (χ4n) is 3.11. The summed E-state index contributed by atoms with van der Waals surface area (Å²) in [4.78, 5) is 0. The molecule has 164 valence electrons. The number of ether oxygens (including phenoxy) is 4. The second kappa shape index (κ2) is 10.2. The van der Waals surface area contributed by atoms with Crippen molar-refractivity contribution in [1.29, 1.82) is 0 Å². The third-order valence-electron chi connectivity index (χ3n) is 5.94. The molecular formula is C22H42O5Si. The Hall–Kier alpha value is -0.243. The molecule has 2 aliphatic heterocycles. The monoisotopic (exact) mass is 414 g/mol. The van der Waals surface area contributed by atoms with E-state index in [0.717, 1.165) is 38.9 Å². The molecule has 0 spiro atoms. The summed E-state index contributed by atoms with van der Waals surface area (Å²) in [6.07, 6.45) is 9.27. The minimum atomic E-state index is -1.70. The van der Waals surface area contributed by atoms with Gasteiger partial charge in [-0.1, -0.05) is 32.9 Å². The molecule has 0 N–H and O–H groups in total. The normalized spacial score (nSPS) is 27.4. The SMILES string of the molecule is CC1(C)OCC(/C=C/C(CCCO[Si](C)(C)C(C)(C)C)OC2CCCCO2)O1. The Balaban J connectivity index is 1.85. The lowest BCUT2D eigenvalue weighted by molar-refractivity contribution is -0.179. The van der Waals surface area contributed by atoms with Crippen molar-refractivity contribution in [3.8, 4) is 0 Å². The van der Waals surface area contributed by atoms with Crippen LogP contribution in [0.15, 0.2) is 12.2 Å². The molecule has 28 heavy (non-hydrogen) atoms. The van der Waals surface area contributed by atoms with Gasteiger partial charge in [0, 0.05) is 13.2 Å². The molecule has 6 heteroatoms. The molecule has 2 rings (SSSR count). The van der Waals surface area contributed by atoms with E-state index in [1.165, 1.54) is 6.42 Å². The summed E-state index contributed by atoms with van der Waals surface area (Å²) >= 11 is 0. The number of hydrogen-bond acceptors (Lipinski definition) is 5. The van der Waals surface area contributed by atoms with Crippen molar-refractivity contribution in [3.05, 3.63) is 12.2 Å². The van der Waals surface area contributed by atoms with Gasteiger partial charge in [0.05, 0.1) is 12.7 Å². The molecule has 2 heterocycles. The molecule has 0 bridgehead atoms. The largest absolute Gasteiger partial charge is 0.417 e. The Morgan fingerprint density at radius 3 is 2.54 bits per heavy atom. The molecule has 2 aliphatic rings. The second-order valence-corrected chi connectivity index (χ2v) is 14.8. The third-order valence-corrected chi connectivity index (χ3v) is 10.5. The molecule has 0 aromatic rings. The van der Waals surface area contributed by atoms with Crippen molar-refractivity contribution in [2.24, 2.45) is 0 Å². The van der Waals surface area contributed by atoms with E-state index in [9.17, 15) is 0 Å². The summed E-state index contributed by atoms with van der Waals surface area (Å²) in [7, 11) is -1.70. The zero-order valence-electron chi connectivity index (χ0n) is 19.1. The molecule has 0 aromatic heterocycles. The molecule has 3 unspecified atom stereocenters. The van der Waals surface area contributed by atoms with Crippen LogP contribution in [0.3, 0.4) is 0 Å². The van der Waals surface area contributed by atoms with Crippen molar-refractivity contribution < 1.29 is 23.4 Å². The summed E-state index contributed by atoms with van der Waals surface area (Å²) in [6, 6.07) is 0. The van der Waals surface area contributed by atoms with Crippen LogP contribution in [-0.2, 0) is 23.4 Å². The summed E-state index contributed by atoms with van der Waals surface area (Å²) in [5.74, 6) is -0.505. The van der Waals surface area contributed by atoms with Gasteiger partial charge in [0.15, 0.2) is 20.4 Å². The van der Waals surface area contributed by atoms with Crippen LogP contribution in [-0.4, -0.2) is 52.4 Å². The van der Waals surface area contributed by atoms with Crippen molar-refractivity contribution in [2.75, 3.05) is 19.8 Å². The van der Waals surface area contributed by atoms with E-state index in [2.05, 4.69) is 46.0 Å². The highest BCUT2D eigenvalue weighted by atomic mass is 28.4. The summed E-state index contributed by atoms with van der Waals surface area (Å²) in [6.45, 7) is 17.5. The third kappa shape index (κ3) is 7.88. The van der Waals surface area contributed by atoms with Gasteiger partial charge in [0.2, 0.25) is 0 Å². The zero-order chi connectivity index (χ0) is 20.8. The van der Waals surface area contributed by atoms with E-state index in [0.29, 0.717) is 6.61 Å². The van der Waals surface area contributed by atoms with Crippen LogP contribution >= 0.6 is 0 Å². The Morgan fingerprint density at radius 1 is 1.21 bits per heavy atom. The van der Waals surface area contributed by atoms with E-state index >= 15 is 0 Å². The lowest BCUT2D eigenvalue weighted by Crippen LogP contribution is -2.41. The lowest BCUT2D eigenvalue weighted by atomic mass is 10.1. The first-order valence-electron chi connectivity index (χ1n) is 10.9. The smallest absolute Gasteiger partial charge is 0.191 e. The van der Waals surface area contributed by atoms with E-state index in [1.54, 1.807) is 0 Å². The predicted molar refractivity (Wildman–Crippen MR) is 115 cm³/mol. The average molecular weight is 415 g/mol. The van der Waals surface area contributed by atoms with Gasteiger partial charge >= 0.3 is 0 Å². The Kier molecular flexibility index (Phi) is 8.74. The highest BCUT2D eigenvalue weighted by molar-refractivity contribution is 6.74. The van der Waals surface area contributed by atoms with Crippen molar-refractivity contribution in [3.63, 3.8) is 0 Å². The van der Waals surface area contributed by atoms with Gasteiger partial charge in [0.25, 0.3) is 0 Å². The van der Waals surface area contributed by atoms with Gasteiger partial charge in [-0.2, -0.15) is 0 Å². The topological polar surface area (TPSA) is 46.2 Å². The molecule has 0 amide bonds. The number of rotatable bonds is 9. The Morgan fingerprint density at radius 2 is 1.96 bits per heavy atom. The van der Waals surface area contributed by atoms with Crippen LogP contribution < -0.4 is 0 Å². The minimum absolute atomic E-state index is 0.0124. The molecule has 0 aliphatic carbocycles. The lowest BCUT2D eigenvalue weighted by Gasteiger charge is -2.36. The zero-order valence-corrected chi connectivity index (χ0v) is 20.1.